The number of carbonyl (C=O) groups excluding carboxylic acids is 1. The van der Waals surface area contributed by atoms with E-state index in [0.29, 0.717) is 5.56 Å². The molecule has 0 unspecified atom stereocenters. The van der Waals surface area contributed by atoms with Gasteiger partial charge >= 0.3 is 0 Å². The second kappa shape index (κ2) is 9.28. The molecule has 1 heteroatoms. The molecule has 3 aliphatic carbocycles. The molecular formula is C40H28O. The minimum Gasteiger partial charge on any atom is -0.292 e. The molecule has 194 valence electrons. The maximum Gasteiger partial charge on any atom is 0.182 e. The summed E-state index contributed by atoms with van der Waals surface area (Å²) in [6.07, 6.45) is 0. The van der Waals surface area contributed by atoms with Gasteiger partial charge in [0.15, 0.2) is 5.78 Å². The van der Waals surface area contributed by atoms with E-state index >= 15 is 0 Å². The molecule has 6 aromatic carbocycles. The standard InChI is InChI=1S/C40H28O/c41-39(27-14-4-1-5-15-27)40(28-16-6-2-7-17-28,29-18-8-3-9-19-29)30-24-25-35-36(26-30)38-33-22-12-10-20-31(33)37(35)32-21-11-13-23-34(32)38/h1-26,37-38H. The third-order valence-corrected chi connectivity index (χ3v) is 9.17. The summed E-state index contributed by atoms with van der Waals surface area (Å²) in [5.74, 6) is 0.416. The van der Waals surface area contributed by atoms with Gasteiger partial charge in [-0.2, -0.15) is 0 Å². The molecule has 0 amide bonds. The molecule has 0 spiro atoms. The van der Waals surface area contributed by atoms with Crippen molar-refractivity contribution in [3.8, 4) is 0 Å². The molecule has 0 heterocycles. The van der Waals surface area contributed by atoms with Crippen LogP contribution in [0.15, 0.2) is 158 Å². The Morgan fingerprint density at radius 2 is 0.780 bits per heavy atom. The molecule has 1 nitrogen and oxygen atoms in total. The normalized spacial score (nSPS) is 16.4. The van der Waals surface area contributed by atoms with E-state index in [-0.39, 0.29) is 17.6 Å². The van der Waals surface area contributed by atoms with Crippen molar-refractivity contribution in [3.05, 3.63) is 213 Å². The highest BCUT2D eigenvalue weighted by Gasteiger charge is 2.46. The van der Waals surface area contributed by atoms with Crippen molar-refractivity contribution < 1.29 is 4.79 Å². The number of ketones is 1. The molecule has 0 aliphatic heterocycles. The largest absolute Gasteiger partial charge is 0.292 e. The van der Waals surface area contributed by atoms with Gasteiger partial charge in [0.05, 0.1) is 0 Å². The maximum absolute atomic E-state index is 15.0. The van der Waals surface area contributed by atoms with Crippen LogP contribution in [0.5, 0.6) is 0 Å². The lowest BCUT2D eigenvalue weighted by Crippen LogP contribution is -2.39. The van der Waals surface area contributed by atoms with E-state index in [0.717, 1.165) is 16.7 Å². The predicted molar refractivity (Wildman–Crippen MR) is 165 cm³/mol. The van der Waals surface area contributed by atoms with Crippen LogP contribution in [0.25, 0.3) is 0 Å². The Hall–Kier alpha value is -5.01. The van der Waals surface area contributed by atoms with Crippen LogP contribution in [-0.4, -0.2) is 5.78 Å². The maximum atomic E-state index is 15.0. The number of Topliss-reactive ketones (excluding diaryl/α,β-unsaturated/α-hetero) is 1. The lowest BCUT2D eigenvalue weighted by atomic mass is 9.59. The zero-order chi connectivity index (χ0) is 27.4. The lowest BCUT2D eigenvalue weighted by molar-refractivity contribution is 0.0935. The second-order valence-electron chi connectivity index (χ2n) is 11.1. The predicted octanol–water partition coefficient (Wildman–Crippen LogP) is 8.89. The first-order valence-electron chi connectivity index (χ1n) is 14.3. The number of hydrogen-bond acceptors (Lipinski definition) is 1. The fourth-order valence-electron chi connectivity index (χ4n) is 7.48. The van der Waals surface area contributed by atoms with Gasteiger partial charge < -0.3 is 0 Å². The summed E-state index contributed by atoms with van der Waals surface area (Å²) in [6.45, 7) is 0. The summed E-state index contributed by atoms with van der Waals surface area (Å²) in [5.41, 5.74) is 10.8. The van der Waals surface area contributed by atoms with Crippen molar-refractivity contribution in [2.75, 3.05) is 0 Å². The molecule has 0 N–H and O–H groups in total. The summed E-state index contributed by atoms with van der Waals surface area (Å²) < 4.78 is 0. The smallest absolute Gasteiger partial charge is 0.182 e. The number of carbonyl (C=O) groups is 1. The van der Waals surface area contributed by atoms with E-state index in [1.54, 1.807) is 0 Å². The Kier molecular flexibility index (Phi) is 5.40. The zero-order valence-corrected chi connectivity index (χ0v) is 22.6. The molecule has 0 saturated heterocycles. The summed E-state index contributed by atoms with van der Waals surface area (Å²) in [4.78, 5) is 15.0. The molecule has 0 atom stereocenters. The van der Waals surface area contributed by atoms with Gasteiger partial charge in [-0.15, -0.1) is 0 Å². The Labute approximate surface area is 240 Å². The van der Waals surface area contributed by atoms with Crippen molar-refractivity contribution >= 4 is 5.78 Å². The summed E-state index contributed by atoms with van der Waals surface area (Å²) >= 11 is 0. The minimum absolute atomic E-state index is 0.0808. The first kappa shape index (κ1) is 23.8. The molecule has 9 rings (SSSR count). The van der Waals surface area contributed by atoms with Crippen LogP contribution in [0.2, 0.25) is 0 Å². The Morgan fingerprint density at radius 3 is 1.27 bits per heavy atom. The van der Waals surface area contributed by atoms with Gasteiger partial charge in [0.25, 0.3) is 0 Å². The van der Waals surface area contributed by atoms with Gasteiger partial charge in [0, 0.05) is 17.4 Å². The zero-order valence-electron chi connectivity index (χ0n) is 22.6. The number of benzene rings is 6. The lowest BCUT2D eigenvalue weighted by Gasteiger charge is -2.43. The second-order valence-corrected chi connectivity index (χ2v) is 11.1. The van der Waals surface area contributed by atoms with Gasteiger partial charge in [0.1, 0.15) is 5.41 Å². The third-order valence-electron chi connectivity index (χ3n) is 9.17. The van der Waals surface area contributed by atoms with E-state index < -0.39 is 5.41 Å². The SMILES string of the molecule is O=C(c1ccccc1)C(c1ccccc1)(c1ccccc1)c1ccc2c(c1)C1c3ccccc3C2c2ccccc21. The topological polar surface area (TPSA) is 17.1 Å². The fourth-order valence-corrected chi connectivity index (χ4v) is 7.48. The average molecular weight is 525 g/mol. The Morgan fingerprint density at radius 1 is 0.390 bits per heavy atom. The first-order valence-corrected chi connectivity index (χ1v) is 14.3. The van der Waals surface area contributed by atoms with Gasteiger partial charge in [-0.1, -0.05) is 158 Å². The van der Waals surface area contributed by atoms with Crippen molar-refractivity contribution in [1.29, 1.82) is 0 Å². The molecule has 0 aromatic heterocycles. The van der Waals surface area contributed by atoms with E-state index in [1.807, 2.05) is 66.7 Å². The molecule has 3 aliphatic rings. The molecule has 41 heavy (non-hydrogen) atoms. The quantitative estimate of drug-likeness (QED) is 0.162. The van der Waals surface area contributed by atoms with Crippen LogP contribution in [0.3, 0.4) is 0 Å². The Balaban J connectivity index is 1.43. The van der Waals surface area contributed by atoms with Crippen molar-refractivity contribution in [3.63, 3.8) is 0 Å². The molecular weight excluding hydrogens is 496 g/mol. The minimum atomic E-state index is -1.01. The highest BCUT2D eigenvalue weighted by atomic mass is 16.1. The van der Waals surface area contributed by atoms with Crippen LogP contribution < -0.4 is 0 Å². The molecule has 0 fully saturated rings. The van der Waals surface area contributed by atoms with Crippen LogP contribution in [0, 0.1) is 0 Å². The fraction of sp³-hybridized carbons (Fsp3) is 0.0750. The van der Waals surface area contributed by atoms with E-state index in [9.17, 15) is 4.79 Å². The molecule has 6 aromatic rings. The van der Waals surface area contributed by atoms with E-state index in [1.165, 1.54) is 33.4 Å². The third kappa shape index (κ3) is 3.39. The monoisotopic (exact) mass is 524 g/mol. The summed E-state index contributed by atoms with van der Waals surface area (Å²) in [6, 6.07) is 55.0. The van der Waals surface area contributed by atoms with Crippen LogP contribution in [-0.2, 0) is 5.41 Å². The highest BCUT2D eigenvalue weighted by Crippen LogP contribution is 2.56. The van der Waals surface area contributed by atoms with Crippen molar-refractivity contribution in [1.82, 2.24) is 0 Å². The van der Waals surface area contributed by atoms with E-state index in [2.05, 4.69) is 91.0 Å². The van der Waals surface area contributed by atoms with Gasteiger partial charge in [-0.05, 0) is 50.1 Å². The highest BCUT2D eigenvalue weighted by molar-refractivity contribution is 6.09. The Bertz CT molecular complexity index is 1820. The van der Waals surface area contributed by atoms with Gasteiger partial charge in [-0.3, -0.25) is 4.79 Å². The summed E-state index contributed by atoms with van der Waals surface area (Å²) in [5, 5.41) is 0. The average Bonchev–Trinajstić information content (AvgIpc) is 3.06. The summed E-state index contributed by atoms with van der Waals surface area (Å²) in [7, 11) is 0. The molecule has 0 radical (unpaired) electrons. The number of rotatable bonds is 5. The van der Waals surface area contributed by atoms with Crippen molar-refractivity contribution in [2.45, 2.75) is 17.3 Å². The molecule has 2 bridgehead atoms. The first-order chi connectivity index (χ1) is 20.3. The van der Waals surface area contributed by atoms with Crippen molar-refractivity contribution in [2.24, 2.45) is 0 Å². The van der Waals surface area contributed by atoms with E-state index in [4.69, 9.17) is 0 Å². The van der Waals surface area contributed by atoms with Crippen LogP contribution in [0.1, 0.15) is 72.3 Å². The van der Waals surface area contributed by atoms with Gasteiger partial charge in [0.2, 0.25) is 0 Å². The molecule has 0 saturated carbocycles. The van der Waals surface area contributed by atoms with Crippen LogP contribution >= 0.6 is 0 Å². The van der Waals surface area contributed by atoms with Gasteiger partial charge in [-0.25, -0.2) is 0 Å². The number of hydrogen-bond donors (Lipinski definition) is 0. The van der Waals surface area contributed by atoms with Crippen LogP contribution in [0.4, 0.5) is 0 Å².